The monoisotopic (exact) mass is 934 g/mol. The summed E-state index contributed by atoms with van der Waals surface area (Å²) in [5, 5.41) is 12.8. The molecule has 0 amide bonds. The average Bonchev–Trinajstić information content (AvgIpc) is 3.04. The van der Waals surface area contributed by atoms with Gasteiger partial charge in [-0.05, 0) is 0 Å². The van der Waals surface area contributed by atoms with Gasteiger partial charge in [0, 0.05) is 17.8 Å². The molecule has 0 radical (unpaired) electrons. The van der Waals surface area contributed by atoms with E-state index in [0.717, 1.165) is 0 Å². The third kappa shape index (κ3) is 12.0. The minimum atomic E-state index is -7.27. The average molecular weight is 934 g/mol. The molecule has 332 valence electrons. The maximum Gasteiger partial charge on any atom is 1.00 e. The second kappa shape index (κ2) is 19.6. The molecule has 0 aliphatic heterocycles. The fraction of sp³-hybridized carbons (Fsp3) is 0.864. The molecular formula is C22H15F24NaO9S. The SMILES string of the molecule is O=C(CC(CSOO[O-])(CC(=O)OCC(F)(F)C(F)(F)C(F)(F)C(F)F)C(=O)OCC(F)(F)C(F)(F)C(F)(F)C(F)F)OCC(F)(F)C(F)(F)C(F)(F)C(F)F.[Na+]. The van der Waals surface area contributed by atoms with Crippen molar-refractivity contribution in [3.05, 3.63) is 0 Å². The normalized spacial score (nSPS) is 14.5. The van der Waals surface area contributed by atoms with Gasteiger partial charge in [-0.15, -0.1) is 0 Å². The van der Waals surface area contributed by atoms with Gasteiger partial charge in [-0.25, -0.2) is 26.3 Å². The Morgan fingerprint density at radius 3 is 1.00 bits per heavy atom. The quantitative estimate of drug-likeness (QED) is 0.0207. The number of carbonyl (C=O) groups is 3. The van der Waals surface area contributed by atoms with Gasteiger partial charge in [0.25, 0.3) is 0 Å². The first kappa shape index (κ1) is 57.1. The van der Waals surface area contributed by atoms with Gasteiger partial charge < -0.3 is 19.5 Å². The molecule has 9 nitrogen and oxygen atoms in total. The van der Waals surface area contributed by atoms with E-state index in [-0.39, 0.29) is 29.6 Å². The minimum absolute atomic E-state index is 0. The second-order valence-electron chi connectivity index (χ2n) is 10.5. The summed E-state index contributed by atoms with van der Waals surface area (Å²) in [7, 11) is 0. The van der Waals surface area contributed by atoms with Gasteiger partial charge in [-0.2, -0.15) is 83.4 Å². The molecule has 0 aliphatic rings. The first-order valence-corrected chi connectivity index (χ1v) is 13.9. The largest absolute Gasteiger partial charge is 1.00 e. The Bertz CT molecular complexity index is 1290. The van der Waals surface area contributed by atoms with Crippen LogP contribution in [0.25, 0.3) is 0 Å². The molecule has 57 heavy (non-hydrogen) atoms. The molecule has 0 heterocycles. The Balaban J connectivity index is 0. The molecule has 0 fully saturated rings. The van der Waals surface area contributed by atoms with Crippen LogP contribution in [0.5, 0.6) is 0 Å². The Morgan fingerprint density at radius 2 is 0.754 bits per heavy atom. The number of carbonyl (C=O) groups excluding carboxylic acids is 3. The Kier molecular flexibility index (Phi) is 19.6. The van der Waals surface area contributed by atoms with Crippen LogP contribution in [0, 0.1) is 5.41 Å². The number of esters is 3. The van der Waals surface area contributed by atoms with Crippen LogP contribution in [0.3, 0.4) is 0 Å². The van der Waals surface area contributed by atoms with Gasteiger partial charge in [0.1, 0.15) is 5.41 Å². The first-order valence-electron chi connectivity index (χ1n) is 13.0. The Hall–Kier alpha value is -2.04. The van der Waals surface area contributed by atoms with E-state index in [1.165, 1.54) is 0 Å². The number of alkyl halides is 24. The zero-order valence-electron chi connectivity index (χ0n) is 26.6. The zero-order chi connectivity index (χ0) is 44.9. The van der Waals surface area contributed by atoms with Crippen molar-refractivity contribution in [2.75, 3.05) is 25.6 Å². The molecule has 0 unspecified atom stereocenters. The summed E-state index contributed by atoms with van der Waals surface area (Å²) < 4.78 is 331. The number of rotatable bonds is 24. The maximum atomic E-state index is 14.0. The van der Waals surface area contributed by atoms with Gasteiger partial charge in [-0.3, -0.25) is 19.4 Å². The minimum Gasteiger partial charge on any atom is -0.691 e. The van der Waals surface area contributed by atoms with E-state index in [0.29, 0.717) is 0 Å². The summed E-state index contributed by atoms with van der Waals surface area (Å²) in [6.07, 6.45) is -22.2. The molecule has 0 saturated carbocycles. The molecular weight excluding hydrogens is 919 g/mol. The van der Waals surface area contributed by atoms with Crippen LogP contribution in [-0.4, -0.2) is 116 Å². The van der Waals surface area contributed by atoms with Crippen molar-refractivity contribution in [1.29, 1.82) is 0 Å². The van der Waals surface area contributed by atoms with Gasteiger partial charge in [0.2, 0.25) is 0 Å². The molecule has 0 aliphatic carbocycles. The number of hydrogen-bond donors (Lipinski definition) is 0. The Labute approximate surface area is 324 Å². The molecule has 0 rings (SSSR count). The third-order valence-electron chi connectivity index (χ3n) is 6.48. The fourth-order valence-electron chi connectivity index (χ4n) is 3.25. The summed E-state index contributed by atoms with van der Waals surface area (Å²) in [5.41, 5.74) is -4.12. The predicted molar refractivity (Wildman–Crippen MR) is 122 cm³/mol. The fourth-order valence-corrected chi connectivity index (χ4v) is 3.88. The molecule has 0 aromatic heterocycles. The van der Waals surface area contributed by atoms with Crippen LogP contribution in [0.15, 0.2) is 0 Å². The number of halogens is 24. The summed E-state index contributed by atoms with van der Waals surface area (Å²) in [6.45, 7) is -10.6. The van der Waals surface area contributed by atoms with E-state index in [9.17, 15) is 125 Å². The zero-order valence-corrected chi connectivity index (χ0v) is 29.4. The van der Waals surface area contributed by atoms with Gasteiger partial charge in [-0.1, -0.05) is 0 Å². The molecule has 0 spiro atoms. The van der Waals surface area contributed by atoms with E-state index in [1.807, 2.05) is 0 Å². The van der Waals surface area contributed by atoms with Crippen molar-refractivity contribution >= 4 is 30.0 Å². The first-order chi connectivity index (χ1) is 24.7. The summed E-state index contributed by atoms with van der Waals surface area (Å²) in [5.74, 6) is -73.6. The van der Waals surface area contributed by atoms with E-state index in [2.05, 4.69) is 23.6 Å². The summed E-state index contributed by atoms with van der Waals surface area (Å²) in [4.78, 5) is 37.3. The van der Waals surface area contributed by atoms with E-state index in [1.54, 1.807) is 0 Å². The van der Waals surface area contributed by atoms with Crippen molar-refractivity contribution in [3.63, 3.8) is 0 Å². The summed E-state index contributed by atoms with van der Waals surface area (Å²) >= 11 is -0.919. The molecule has 0 aromatic carbocycles. The topological polar surface area (TPSA) is 120 Å². The standard InChI is InChI=1S/C22H16F24O9S.Na/c23-9(24)17(35,36)20(41,42)14(29,30)3-51-7(47)1-13(6-56-55-54-50,12(49)53-5-16(33,34)22(45,46)19(39,40)11(27)28)2-8(48)52-4-15(31,32)21(43,44)18(37,38)10(25)26;/h9-11,50H,1-6H2;/q;+1/p-1. The van der Waals surface area contributed by atoms with Crippen molar-refractivity contribution in [1.82, 2.24) is 0 Å². The van der Waals surface area contributed by atoms with Crippen LogP contribution in [0.4, 0.5) is 105 Å². The van der Waals surface area contributed by atoms with Crippen molar-refractivity contribution in [3.8, 4) is 0 Å². The van der Waals surface area contributed by atoms with E-state index >= 15 is 0 Å². The third-order valence-corrected chi connectivity index (χ3v) is 7.30. The number of ether oxygens (including phenoxy) is 3. The molecule has 0 bridgehead atoms. The van der Waals surface area contributed by atoms with Gasteiger partial charge >= 0.3 is 120 Å². The van der Waals surface area contributed by atoms with Crippen molar-refractivity contribution in [2.24, 2.45) is 5.41 Å². The van der Waals surface area contributed by atoms with Crippen molar-refractivity contribution < 1.29 is 178 Å². The maximum absolute atomic E-state index is 14.0. The Morgan fingerprint density at radius 1 is 0.491 bits per heavy atom. The summed E-state index contributed by atoms with van der Waals surface area (Å²) in [6, 6.07) is 0. The molecule has 0 atom stereocenters. The van der Waals surface area contributed by atoms with E-state index < -0.39 is 146 Å². The van der Waals surface area contributed by atoms with Crippen LogP contribution in [0.1, 0.15) is 12.8 Å². The molecule has 0 aromatic rings. The van der Waals surface area contributed by atoms with Crippen molar-refractivity contribution in [2.45, 2.75) is 85.4 Å². The smallest absolute Gasteiger partial charge is 0.691 e. The van der Waals surface area contributed by atoms with E-state index in [4.69, 9.17) is 0 Å². The van der Waals surface area contributed by atoms with Gasteiger partial charge in [0.05, 0.1) is 12.8 Å². The number of hydrogen-bond acceptors (Lipinski definition) is 10. The van der Waals surface area contributed by atoms with Crippen LogP contribution < -0.4 is 34.8 Å². The van der Waals surface area contributed by atoms with Crippen LogP contribution in [-0.2, 0) is 38.0 Å². The van der Waals surface area contributed by atoms with Gasteiger partial charge in [0.15, 0.2) is 19.8 Å². The molecule has 35 heteroatoms. The second-order valence-corrected chi connectivity index (χ2v) is 11.2. The molecule has 0 saturated heterocycles. The predicted octanol–water partition coefficient (Wildman–Crippen LogP) is 3.77. The molecule has 0 N–H and O–H groups in total. The van der Waals surface area contributed by atoms with Crippen LogP contribution in [0.2, 0.25) is 0 Å². The van der Waals surface area contributed by atoms with Crippen LogP contribution >= 0.6 is 12.0 Å².